The maximum Gasteiger partial charge on any atom is 0.302 e. The van der Waals surface area contributed by atoms with E-state index in [2.05, 4.69) is 46.6 Å². The van der Waals surface area contributed by atoms with Crippen molar-refractivity contribution < 1.29 is 14.3 Å². The summed E-state index contributed by atoms with van der Waals surface area (Å²) in [5.74, 6) is 0.321. The van der Waals surface area contributed by atoms with E-state index < -0.39 is 0 Å². The highest BCUT2D eigenvalue weighted by molar-refractivity contribution is 5.65. The first-order chi connectivity index (χ1) is 11.6. The van der Waals surface area contributed by atoms with E-state index in [0.29, 0.717) is 18.7 Å². The van der Waals surface area contributed by atoms with E-state index in [1.54, 1.807) is 0 Å². The van der Waals surface area contributed by atoms with Crippen molar-refractivity contribution in [3.63, 3.8) is 0 Å². The lowest BCUT2D eigenvalue weighted by molar-refractivity contribution is -0.148. The Morgan fingerprint density at radius 1 is 1.38 bits per heavy atom. The topological polar surface area (TPSA) is 79.1 Å². The predicted octanol–water partition coefficient (Wildman–Crippen LogP) is 1.98. The van der Waals surface area contributed by atoms with Gasteiger partial charge in [-0.1, -0.05) is 42.0 Å². The van der Waals surface area contributed by atoms with Gasteiger partial charge < -0.3 is 9.47 Å². The molecular formula is C17H20N4O3. The summed E-state index contributed by atoms with van der Waals surface area (Å²) in [5, 5.41) is 12.6. The first-order valence-corrected chi connectivity index (χ1v) is 7.89. The fraction of sp³-hybridized carbons (Fsp3) is 0.412. The number of aromatic nitrogens is 4. The van der Waals surface area contributed by atoms with Gasteiger partial charge in [0.25, 0.3) is 0 Å². The van der Waals surface area contributed by atoms with Crippen LogP contribution in [0.25, 0.3) is 0 Å². The number of carbonyl (C=O) groups is 1. The molecule has 0 saturated carbocycles. The molecule has 0 saturated heterocycles. The van der Waals surface area contributed by atoms with E-state index in [0.717, 1.165) is 5.56 Å². The van der Waals surface area contributed by atoms with E-state index in [1.165, 1.54) is 17.3 Å². The van der Waals surface area contributed by atoms with Crippen molar-refractivity contribution in [2.75, 3.05) is 6.61 Å². The Morgan fingerprint density at radius 3 is 2.92 bits per heavy atom. The van der Waals surface area contributed by atoms with Crippen LogP contribution in [0.2, 0.25) is 0 Å². The normalized spacial score (nSPS) is 20.1. The summed E-state index contributed by atoms with van der Waals surface area (Å²) in [7, 11) is 0. The molecule has 7 heteroatoms. The maximum absolute atomic E-state index is 10.9. The first-order valence-electron chi connectivity index (χ1n) is 7.89. The molecule has 0 N–H and O–H groups in total. The molecule has 1 aromatic carbocycles. The van der Waals surface area contributed by atoms with Gasteiger partial charge in [-0.3, -0.25) is 4.79 Å². The zero-order chi connectivity index (χ0) is 16.9. The molecule has 2 unspecified atom stereocenters. The average molecular weight is 328 g/mol. The molecule has 0 amide bonds. The monoisotopic (exact) mass is 328 g/mol. The number of carbonyl (C=O) groups excluding carboxylic acids is 1. The molecule has 0 spiro atoms. The average Bonchev–Trinajstić information content (AvgIpc) is 3.04. The molecule has 1 aromatic heterocycles. The summed E-state index contributed by atoms with van der Waals surface area (Å²) in [4.78, 5) is 12.4. The smallest absolute Gasteiger partial charge is 0.302 e. The standard InChI is InChI=1S/C17H20N4O3/c1-12-6-8-14(9-7-12)10-16-18-20-21(19-16)17-5-3-4-15(24-17)11-23-13(2)22/h3-4,6-9,15,17H,5,10-11H2,1-2H3. The van der Waals surface area contributed by atoms with Crippen LogP contribution in [0.5, 0.6) is 0 Å². The third kappa shape index (κ3) is 4.26. The Balaban J connectivity index is 1.61. The van der Waals surface area contributed by atoms with Gasteiger partial charge in [0, 0.05) is 19.8 Å². The van der Waals surface area contributed by atoms with Crippen LogP contribution in [0.1, 0.15) is 36.5 Å². The highest BCUT2D eigenvalue weighted by Crippen LogP contribution is 2.20. The molecule has 2 heterocycles. The molecule has 0 fully saturated rings. The van der Waals surface area contributed by atoms with Crippen LogP contribution in [-0.2, 0) is 20.7 Å². The molecule has 0 aliphatic carbocycles. The van der Waals surface area contributed by atoms with Crippen molar-refractivity contribution in [1.29, 1.82) is 0 Å². The molecule has 0 radical (unpaired) electrons. The summed E-state index contributed by atoms with van der Waals surface area (Å²) in [6.07, 6.45) is 4.50. The fourth-order valence-electron chi connectivity index (χ4n) is 2.43. The van der Waals surface area contributed by atoms with Crippen molar-refractivity contribution >= 4 is 5.97 Å². The molecular weight excluding hydrogens is 308 g/mol. The van der Waals surface area contributed by atoms with Crippen LogP contribution in [-0.4, -0.2) is 38.9 Å². The number of rotatable bonds is 5. The SMILES string of the molecule is CC(=O)OCC1C=CCC(n2nnc(Cc3ccc(C)cc3)n2)O1. The Morgan fingerprint density at radius 2 is 2.17 bits per heavy atom. The van der Waals surface area contributed by atoms with Gasteiger partial charge in [-0.15, -0.1) is 15.0 Å². The van der Waals surface area contributed by atoms with Gasteiger partial charge in [-0.2, -0.15) is 0 Å². The molecule has 1 aliphatic heterocycles. The fourth-order valence-corrected chi connectivity index (χ4v) is 2.43. The number of hydrogen-bond acceptors (Lipinski definition) is 6. The van der Waals surface area contributed by atoms with Gasteiger partial charge in [-0.25, -0.2) is 0 Å². The van der Waals surface area contributed by atoms with Gasteiger partial charge >= 0.3 is 5.97 Å². The molecule has 2 atom stereocenters. The van der Waals surface area contributed by atoms with Crippen molar-refractivity contribution in [3.8, 4) is 0 Å². The minimum atomic E-state index is -0.338. The zero-order valence-electron chi connectivity index (χ0n) is 13.8. The number of aryl methyl sites for hydroxylation is 1. The summed E-state index contributed by atoms with van der Waals surface area (Å²) in [6.45, 7) is 3.62. The molecule has 3 rings (SSSR count). The van der Waals surface area contributed by atoms with E-state index in [9.17, 15) is 4.79 Å². The van der Waals surface area contributed by atoms with E-state index in [1.807, 2.05) is 12.2 Å². The largest absolute Gasteiger partial charge is 0.463 e. The lowest BCUT2D eigenvalue weighted by atomic mass is 10.1. The van der Waals surface area contributed by atoms with Gasteiger partial charge in [0.2, 0.25) is 0 Å². The number of hydrogen-bond donors (Lipinski definition) is 0. The third-order valence-electron chi connectivity index (χ3n) is 3.68. The minimum Gasteiger partial charge on any atom is -0.463 e. The van der Waals surface area contributed by atoms with E-state index in [-0.39, 0.29) is 24.9 Å². The molecule has 0 bridgehead atoms. The van der Waals surface area contributed by atoms with Crippen LogP contribution >= 0.6 is 0 Å². The zero-order valence-corrected chi connectivity index (χ0v) is 13.8. The lowest BCUT2D eigenvalue weighted by Crippen LogP contribution is -2.28. The molecule has 126 valence electrons. The lowest BCUT2D eigenvalue weighted by Gasteiger charge is -2.24. The second-order valence-electron chi connectivity index (χ2n) is 5.78. The molecule has 1 aliphatic rings. The van der Waals surface area contributed by atoms with Crippen molar-refractivity contribution in [3.05, 3.63) is 53.4 Å². The second-order valence-corrected chi connectivity index (χ2v) is 5.78. The van der Waals surface area contributed by atoms with Crippen LogP contribution in [0, 0.1) is 6.92 Å². The van der Waals surface area contributed by atoms with Gasteiger partial charge in [0.1, 0.15) is 12.7 Å². The van der Waals surface area contributed by atoms with Crippen molar-refractivity contribution in [1.82, 2.24) is 20.2 Å². The van der Waals surface area contributed by atoms with Crippen LogP contribution in [0.3, 0.4) is 0 Å². The highest BCUT2D eigenvalue weighted by atomic mass is 16.6. The van der Waals surface area contributed by atoms with Gasteiger partial charge in [0.05, 0.1) is 0 Å². The van der Waals surface area contributed by atoms with Crippen LogP contribution in [0.15, 0.2) is 36.4 Å². The van der Waals surface area contributed by atoms with E-state index in [4.69, 9.17) is 9.47 Å². The minimum absolute atomic E-state index is 0.188. The Hall–Kier alpha value is -2.54. The van der Waals surface area contributed by atoms with Crippen molar-refractivity contribution in [2.45, 2.75) is 39.0 Å². The summed E-state index contributed by atoms with van der Waals surface area (Å²) >= 11 is 0. The molecule has 7 nitrogen and oxygen atoms in total. The third-order valence-corrected chi connectivity index (χ3v) is 3.68. The summed E-state index contributed by atoms with van der Waals surface area (Å²) < 4.78 is 10.8. The Labute approximate surface area is 140 Å². The predicted molar refractivity (Wildman–Crippen MR) is 86.1 cm³/mol. The second kappa shape index (κ2) is 7.35. The van der Waals surface area contributed by atoms with Crippen molar-refractivity contribution in [2.24, 2.45) is 0 Å². The van der Waals surface area contributed by atoms with Gasteiger partial charge in [-0.05, 0) is 17.7 Å². The van der Waals surface area contributed by atoms with Crippen LogP contribution < -0.4 is 0 Å². The van der Waals surface area contributed by atoms with Crippen LogP contribution in [0.4, 0.5) is 0 Å². The summed E-state index contributed by atoms with van der Waals surface area (Å²) in [6, 6.07) is 8.25. The maximum atomic E-state index is 10.9. The number of nitrogens with zero attached hydrogens (tertiary/aromatic N) is 4. The quantitative estimate of drug-likeness (QED) is 0.617. The Bertz CT molecular complexity index is 724. The van der Waals surface area contributed by atoms with Gasteiger partial charge in [0.15, 0.2) is 12.1 Å². The Kier molecular flexibility index (Phi) is 5.00. The number of tetrazole rings is 1. The number of esters is 1. The molecule has 24 heavy (non-hydrogen) atoms. The molecule has 2 aromatic rings. The van der Waals surface area contributed by atoms with E-state index >= 15 is 0 Å². The number of benzene rings is 1. The number of ether oxygens (including phenoxy) is 2. The summed E-state index contributed by atoms with van der Waals surface area (Å²) in [5.41, 5.74) is 2.36. The highest BCUT2D eigenvalue weighted by Gasteiger charge is 2.22. The first kappa shape index (κ1) is 16.3.